The number of rotatable bonds is 10. The molecular weight excluding hydrogens is 424 g/mol. The van der Waals surface area contributed by atoms with Gasteiger partial charge in [0.15, 0.2) is 0 Å². The number of amides is 1. The number of carbonyl (C=O) groups excluding carboxylic acids is 1. The van der Waals surface area contributed by atoms with E-state index in [0.29, 0.717) is 18.9 Å². The van der Waals surface area contributed by atoms with Crippen LogP contribution in [0.3, 0.4) is 0 Å². The molecule has 1 N–H and O–H groups in total. The lowest BCUT2D eigenvalue weighted by molar-refractivity contribution is -0.132. The van der Waals surface area contributed by atoms with Gasteiger partial charge in [0.25, 0.3) is 0 Å². The first kappa shape index (κ1) is 23.5. The summed E-state index contributed by atoms with van der Waals surface area (Å²) in [4.78, 5) is 14.9. The van der Waals surface area contributed by atoms with Gasteiger partial charge in [-0.3, -0.25) is 4.79 Å². The predicted octanol–water partition coefficient (Wildman–Crippen LogP) is 3.63. The number of carbonyl (C=O) groups is 1. The maximum absolute atomic E-state index is 13.3. The molecule has 0 heterocycles. The Hall–Kier alpha value is -3.16. The monoisotopic (exact) mass is 452 g/mol. The average molecular weight is 453 g/mol. The van der Waals surface area contributed by atoms with Gasteiger partial charge in [-0.15, -0.1) is 0 Å². The standard InChI is InChI=1S/C25H28N2O4S/c1-3-31-22-14-16-23(17-15-22)32(29,30)26-24(18-20-10-6-4-7-11-20)25(28)27(2)19-21-12-8-5-9-13-21/h4-17,24,26H,3,18-19H2,1-2H3. The van der Waals surface area contributed by atoms with Gasteiger partial charge in [-0.1, -0.05) is 60.7 Å². The fourth-order valence-corrected chi connectivity index (χ4v) is 4.56. The summed E-state index contributed by atoms with van der Waals surface area (Å²) < 4.78 is 34.1. The van der Waals surface area contributed by atoms with Crippen molar-refractivity contribution in [3.63, 3.8) is 0 Å². The molecule has 1 atom stereocenters. The fourth-order valence-electron chi connectivity index (χ4n) is 3.37. The lowest BCUT2D eigenvalue weighted by Crippen LogP contribution is -2.48. The Morgan fingerprint density at radius 3 is 2.03 bits per heavy atom. The summed E-state index contributed by atoms with van der Waals surface area (Å²) in [5.41, 5.74) is 1.84. The summed E-state index contributed by atoms with van der Waals surface area (Å²) in [6.45, 7) is 2.74. The van der Waals surface area contributed by atoms with Crippen molar-refractivity contribution in [2.45, 2.75) is 30.8 Å². The first-order chi connectivity index (χ1) is 15.4. The molecular formula is C25H28N2O4S. The predicted molar refractivity (Wildman–Crippen MR) is 125 cm³/mol. The van der Waals surface area contributed by atoms with Gasteiger partial charge in [0, 0.05) is 13.6 Å². The number of hydrogen-bond acceptors (Lipinski definition) is 4. The quantitative estimate of drug-likeness (QED) is 0.510. The first-order valence-electron chi connectivity index (χ1n) is 10.5. The molecule has 7 heteroatoms. The molecule has 0 saturated carbocycles. The van der Waals surface area contributed by atoms with E-state index >= 15 is 0 Å². The highest BCUT2D eigenvalue weighted by atomic mass is 32.2. The molecule has 0 saturated heterocycles. The van der Waals surface area contributed by atoms with E-state index in [2.05, 4.69) is 4.72 Å². The second kappa shape index (κ2) is 10.9. The van der Waals surface area contributed by atoms with Gasteiger partial charge in [-0.25, -0.2) is 8.42 Å². The van der Waals surface area contributed by atoms with E-state index in [9.17, 15) is 13.2 Å². The number of nitrogens with one attached hydrogen (secondary N) is 1. The minimum atomic E-state index is -3.92. The zero-order valence-corrected chi connectivity index (χ0v) is 19.1. The number of sulfonamides is 1. The lowest BCUT2D eigenvalue weighted by atomic mass is 10.1. The van der Waals surface area contributed by atoms with Crippen LogP contribution < -0.4 is 9.46 Å². The summed E-state index contributed by atoms with van der Waals surface area (Å²) in [6.07, 6.45) is 0.245. The Labute approximate surface area is 189 Å². The fraction of sp³-hybridized carbons (Fsp3) is 0.240. The minimum Gasteiger partial charge on any atom is -0.494 e. The number of benzene rings is 3. The highest BCUT2D eigenvalue weighted by Crippen LogP contribution is 2.17. The van der Waals surface area contributed by atoms with Crippen molar-refractivity contribution >= 4 is 15.9 Å². The topological polar surface area (TPSA) is 75.7 Å². The molecule has 0 aliphatic carbocycles. The Morgan fingerprint density at radius 1 is 0.906 bits per heavy atom. The molecule has 168 valence electrons. The molecule has 0 radical (unpaired) electrons. The summed E-state index contributed by atoms with van der Waals surface area (Å²) in [7, 11) is -2.24. The van der Waals surface area contributed by atoms with Gasteiger partial charge in [0.2, 0.25) is 15.9 Å². The molecule has 1 unspecified atom stereocenters. The summed E-state index contributed by atoms with van der Waals surface area (Å²) in [5.74, 6) is 0.290. The molecule has 3 aromatic rings. The summed E-state index contributed by atoms with van der Waals surface area (Å²) in [6, 6.07) is 24.2. The zero-order chi connectivity index (χ0) is 23.0. The van der Waals surface area contributed by atoms with Crippen LogP contribution in [0.15, 0.2) is 89.8 Å². The zero-order valence-electron chi connectivity index (χ0n) is 18.3. The normalized spacial score (nSPS) is 12.2. The number of likely N-dealkylation sites (N-methyl/N-ethyl adjacent to an activating group) is 1. The highest BCUT2D eigenvalue weighted by Gasteiger charge is 2.28. The van der Waals surface area contributed by atoms with E-state index in [1.54, 1.807) is 24.1 Å². The van der Waals surface area contributed by atoms with Crippen molar-refractivity contribution in [3.8, 4) is 5.75 Å². The van der Waals surface area contributed by atoms with Crippen molar-refractivity contribution in [2.24, 2.45) is 0 Å². The summed E-state index contributed by atoms with van der Waals surface area (Å²) >= 11 is 0. The molecule has 0 aromatic heterocycles. The van der Waals surface area contributed by atoms with Crippen LogP contribution in [0.5, 0.6) is 5.75 Å². The van der Waals surface area contributed by atoms with Crippen LogP contribution in [0.1, 0.15) is 18.1 Å². The summed E-state index contributed by atoms with van der Waals surface area (Å²) in [5, 5.41) is 0. The smallest absolute Gasteiger partial charge is 0.241 e. The van der Waals surface area contributed by atoms with Crippen LogP contribution in [0.4, 0.5) is 0 Å². The van der Waals surface area contributed by atoms with Gasteiger partial charge in [-0.05, 0) is 48.7 Å². The first-order valence-corrected chi connectivity index (χ1v) is 12.0. The van der Waals surface area contributed by atoms with Crippen molar-refractivity contribution in [1.82, 2.24) is 9.62 Å². The molecule has 32 heavy (non-hydrogen) atoms. The maximum Gasteiger partial charge on any atom is 0.241 e. The molecule has 0 bridgehead atoms. The van der Waals surface area contributed by atoms with E-state index in [4.69, 9.17) is 4.74 Å². The van der Waals surface area contributed by atoms with E-state index in [1.807, 2.05) is 67.6 Å². The van der Waals surface area contributed by atoms with Crippen LogP contribution >= 0.6 is 0 Å². The van der Waals surface area contributed by atoms with E-state index < -0.39 is 16.1 Å². The molecule has 0 fully saturated rings. The van der Waals surface area contributed by atoms with Crippen molar-refractivity contribution < 1.29 is 17.9 Å². The third-order valence-corrected chi connectivity index (χ3v) is 6.45. The Balaban J connectivity index is 1.82. The van der Waals surface area contributed by atoms with Crippen molar-refractivity contribution in [1.29, 1.82) is 0 Å². The third-order valence-electron chi connectivity index (χ3n) is 4.96. The van der Waals surface area contributed by atoms with Crippen molar-refractivity contribution in [3.05, 3.63) is 96.1 Å². The molecule has 0 spiro atoms. The van der Waals surface area contributed by atoms with Gasteiger partial charge >= 0.3 is 0 Å². The van der Waals surface area contributed by atoms with Gasteiger partial charge < -0.3 is 9.64 Å². The lowest BCUT2D eigenvalue weighted by Gasteiger charge is -2.25. The van der Waals surface area contributed by atoms with Gasteiger partial charge in [0.05, 0.1) is 11.5 Å². The minimum absolute atomic E-state index is 0.0810. The maximum atomic E-state index is 13.3. The van der Waals surface area contributed by atoms with Crippen LogP contribution in [0.2, 0.25) is 0 Å². The van der Waals surface area contributed by atoms with E-state index in [-0.39, 0.29) is 17.2 Å². The second-order valence-corrected chi connectivity index (χ2v) is 9.16. The highest BCUT2D eigenvalue weighted by molar-refractivity contribution is 7.89. The molecule has 3 aromatic carbocycles. The van der Waals surface area contributed by atoms with Crippen LogP contribution in [0.25, 0.3) is 0 Å². The van der Waals surface area contributed by atoms with Crippen LogP contribution in [-0.2, 0) is 27.8 Å². The molecule has 1 amide bonds. The molecule has 6 nitrogen and oxygen atoms in total. The number of ether oxygens (including phenoxy) is 1. The van der Waals surface area contributed by atoms with Crippen LogP contribution in [0, 0.1) is 0 Å². The number of nitrogens with zero attached hydrogens (tertiary/aromatic N) is 1. The number of hydrogen-bond donors (Lipinski definition) is 1. The second-order valence-electron chi connectivity index (χ2n) is 7.45. The average Bonchev–Trinajstić information content (AvgIpc) is 2.80. The van der Waals surface area contributed by atoms with Crippen LogP contribution in [-0.4, -0.2) is 38.9 Å². The van der Waals surface area contributed by atoms with E-state index in [1.165, 1.54) is 12.1 Å². The van der Waals surface area contributed by atoms with E-state index in [0.717, 1.165) is 11.1 Å². The third kappa shape index (κ3) is 6.42. The molecule has 0 aliphatic rings. The molecule has 0 aliphatic heterocycles. The molecule has 3 rings (SSSR count). The Kier molecular flexibility index (Phi) is 8.03. The Bertz CT molecular complexity index is 1100. The van der Waals surface area contributed by atoms with Gasteiger partial charge in [0.1, 0.15) is 11.8 Å². The Morgan fingerprint density at radius 2 is 1.47 bits per heavy atom. The SMILES string of the molecule is CCOc1ccc(S(=O)(=O)NC(Cc2ccccc2)C(=O)N(C)Cc2ccccc2)cc1. The van der Waals surface area contributed by atoms with Gasteiger partial charge in [-0.2, -0.15) is 4.72 Å². The largest absolute Gasteiger partial charge is 0.494 e. The van der Waals surface area contributed by atoms with Crippen molar-refractivity contribution in [2.75, 3.05) is 13.7 Å².